The lowest BCUT2D eigenvalue weighted by Crippen LogP contribution is -1.99. The van der Waals surface area contributed by atoms with E-state index in [0.29, 0.717) is 0 Å². The first-order valence-electron chi connectivity index (χ1n) is 4.35. The van der Waals surface area contributed by atoms with E-state index in [1.165, 1.54) is 19.3 Å². The van der Waals surface area contributed by atoms with E-state index >= 15 is 0 Å². The molecule has 0 aliphatic heterocycles. The first-order valence-corrected chi connectivity index (χ1v) is 4.35. The maximum Gasteiger partial charge on any atom is 0.0357 e. The Bertz CT molecular complexity index is 86.7. The number of aliphatic imine (C=N–C) groups is 1. The Morgan fingerprint density at radius 3 is 2.40 bits per heavy atom. The molecule has 0 saturated heterocycles. The van der Waals surface area contributed by atoms with Crippen LogP contribution in [0.2, 0.25) is 0 Å². The molecule has 0 heterocycles. The van der Waals surface area contributed by atoms with E-state index in [1.54, 1.807) is 0 Å². The molecule has 1 unspecified atom stereocenters. The average Bonchev–Trinajstić information content (AvgIpc) is 1.98. The number of hydrogen-bond donors (Lipinski definition) is 0. The van der Waals surface area contributed by atoms with Crippen LogP contribution in [0.5, 0.6) is 0 Å². The molecule has 0 fully saturated rings. The highest BCUT2D eigenvalue weighted by atomic mass is 14.7. The summed E-state index contributed by atoms with van der Waals surface area (Å²) < 4.78 is 0. The topological polar surface area (TPSA) is 12.4 Å². The van der Waals surface area contributed by atoms with E-state index in [9.17, 15) is 0 Å². The fraction of sp³-hybridized carbons (Fsp3) is 0.889. The fourth-order valence-electron chi connectivity index (χ4n) is 1.01. The average molecular weight is 141 g/mol. The lowest BCUT2D eigenvalue weighted by molar-refractivity contribution is 0.603. The summed E-state index contributed by atoms with van der Waals surface area (Å²) in [6, 6.07) is 0. The van der Waals surface area contributed by atoms with Gasteiger partial charge in [0.1, 0.15) is 0 Å². The molecule has 0 aromatic rings. The van der Waals surface area contributed by atoms with Gasteiger partial charge in [-0.25, -0.2) is 0 Å². The minimum atomic E-state index is 0.727. The summed E-state index contributed by atoms with van der Waals surface area (Å²) in [5.41, 5.74) is 0. The minimum Gasteiger partial charge on any atom is -0.298 e. The molecule has 10 heavy (non-hydrogen) atoms. The Labute approximate surface area is 64.6 Å². The van der Waals surface area contributed by atoms with Crippen molar-refractivity contribution < 1.29 is 0 Å². The molecule has 60 valence electrons. The lowest BCUT2D eigenvalue weighted by Gasteiger charge is -2.05. The van der Waals surface area contributed by atoms with Gasteiger partial charge < -0.3 is 0 Å². The second-order valence-corrected chi connectivity index (χ2v) is 2.60. The third-order valence-electron chi connectivity index (χ3n) is 1.68. The number of nitrogens with zero attached hydrogens (tertiary/aromatic N) is 1. The van der Waals surface area contributed by atoms with Gasteiger partial charge in [0.15, 0.2) is 0 Å². The molecule has 0 aromatic carbocycles. The molecular formula is C9H19N. The van der Waals surface area contributed by atoms with Crippen LogP contribution in [0.25, 0.3) is 0 Å². The van der Waals surface area contributed by atoms with Crippen molar-refractivity contribution in [3.8, 4) is 0 Å². The highest BCUT2D eigenvalue weighted by molar-refractivity contribution is 5.60. The molecular weight excluding hydrogens is 122 g/mol. The maximum absolute atomic E-state index is 4.24. The second-order valence-electron chi connectivity index (χ2n) is 2.60. The van der Waals surface area contributed by atoms with Crippen molar-refractivity contribution in [3.63, 3.8) is 0 Å². The number of rotatable bonds is 5. The normalized spacial score (nSPS) is 14.3. The molecule has 0 aromatic heterocycles. The van der Waals surface area contributed by atoms with Gasteiger partial charge in [0.2, 0.25) is 0 Å². The molecule has 0 bridgehead atoms. The molecule has 1 atom stereocenters. The van der Waals surface area contributed by atoms with Crippen molar-refractivity contribution in [1.82, 2.24) is 0 Å². The van der Waals surface area contributed by atoms with E-state index in [2.05, 4.69) is 32.0 Å². The van der Waals surface area contributed by atoms with Crippen molar-refractivity contribution in [1.29, 1.82) is 0 Å². The van der Waals surface area contributed by atoms with Gasteiger partial charge in [-0.05, 0) is 25.7 Å². The van der Waals surface area contributed by atoms with Crippen LogP contribution in [0.4, 0.5) is 0 Å². The van der Waals surface area contributed by atoms with E-state index < -0.39 is 0 Å². The summed E-state index contributed by atoms with van der Waals surface area (Å²) >= 11 is 0. The highest BCUT2D eigenvalue weighted by Crippen LogP contribution is 2.07. The smallest absolute Gasteiger partial charge is 0.0357 e. The summed E-state index contributed by atoms with van der Waals surface area (Å²) in [5.74, 6) is 0.727. The maximum atomic E-state index is 4.24. The minimum absolute atomic E-state index is 0.727. The van der Waals surface area contributed by atoms with Crippen LogP contribution in [-0.2, 0) is 0 Å². The first-order chi connectivity index (χ1) is 4.85. The SMILES string of the molecule is CCCC(C=NCC)CC. The molecule has 0 N–H and O–H groups in total. The van der Waals surface area contributed by atoms with Gasteiger partial charge in [0, 0.05) is 12.8 Å². The van der Waals surface area contributed by atoms with Crippen molar-refractivity contribution in [2.75, 3.05) is 6.54 Å². The number of hydrogen-bond acceptors (Lipinski definition) is 1. The molecule has 0 aliphatic carbocycles. The third kappa shape index (κ3) is 4.54. The van der Waals surface area contributed by atoms with E-state index in [4.69, 9.17) is 0 Å². The Balaban J connectivity index is 3.48. The van der Waals surface area contributed by atoms with Crippen LogP contribution in [0.3, 0.4) is 0 Å². The molecule has 1 heteroatoms. The van der Waals surface area contributed by atoms with Crippen molar-refractivity contribution in [2.24, 2.45) is 10.9 Å². The molecule has 0 amide bonds. The zero-order chi connectivity index (χ0) is 7.82. The second kappa shape index (κ2) is 6.79. The van der Waals surface area contributed by atoms with Gasteiger partial charge in [0.25, 0.3) is 0 Å². The van der Waals surface area contributed by atoms with Crippen LogP contribution in [0.15, 0.2) is 4.99 Å². The van der Waals surface area contributed by atoms with Crippen molar-refractivity contribution in [3.05, 3.63) is 0 Å². The molecule has 1 nitrogen and oxygen atoms in total. The van der Waals surface area contributed by atoms with Crippen LogP contribution in [0, 0.1) is 5.92 Å². The van der Waals surface area contributed by atoms with E-state index in [1.807, 2.05) is 0 Å². The molecule has 0 aliphatic rings. The van der Waals surface area contributed by atoms with Gasteiger partial charge in [-0.3, -0.25) is 4.99 Å². The van der Waals surface area contributed by atoms with Gasteiger partial charge in [-0.1, -0.05) is 20.3 Å². The Morgan fingerprint density at radius 1 is 1.30 bits per heavy atom. The van der Waals surface area contributed by atoms with Gasteiger partial charge in [0.05, 0.1) is 0 Å². The quantitative estimate of drug-likeness (QED) is 0.522. The van der Waals surface area contributed by atoms with Crippen LogP contribution >= 0.6 is 0 Å². The molecule has 0 saturated carbocycles. The van der Waals surface area contributed by atoms with E-state index in [-0.39, 0.29) is 0 Å². The lowest BCUT2D eigenvalue weighted by atomic mass is 10.0. The zero-order valence-corrected chi connectivity index (χ0v) is 7.43. The predicted octanol–water partition coefficient (Wildman–Crippen LogP) is 2.90. The largest absolute Gasteiger partial charge is 0.298 e. The summed E-state index contributed by atoms with van der Waals surface area (Å²) in [4.78, 5) is 4.24. The Hall–Kier alpha value is -0.330. The van der Waals surface area contributed by atoms with Gasteiger partial charge in [-0.2, -0.15) is 0 Å². The van der Waals surface area contributed by atoms with Gasteiger partial charge >= 0.3 is 0 Å². The molecule has 0 spiro atoms. The monoisotopic (exact) mass is 141 g/mol. The zero-order valence-electron chi connectivity index (χ0n) is 7.43. The van der Waals surface area contributed by atoms with Crippen molar-refractivity contribution in [2.45, 2.75) is 40.0 Å². The summed E-state index contributed by atoms with van der Waals surface area (Å²) in [6.07, 6.45) is 5.91. The molecule has 0 radical (unpaired) electrons. The summed E-state index contributed by atoms with van der Waals surface area (Å²) in [5, 5.41) is 0. The summed E-state index contributed by atoms with van der Waals surface area (Å²) in [6.45, 7) is 7.46. The molecule has 0 rings (SSSR count). The summed E-state index contributed by atoms with van der Waals surface area (Å²) in [7, 11) is 0. The predicted molar refractivity (Wildman–Crippen MR) is 47.7 cm³/mol. The highest BCUT2D eigenvalue weighted by Gasteiger charge is 1.98. The Kier molecular flexibility index (Phi) is 6.56. The van der Waals surface area contributed by atoms with Crippen LogP contribution in [0.1, 0.15) is 40.0 Å². The third-order valence-corrected chi connectivity index (χ3v) is 1.68. The van der Waals surface area contributed by atoms with Crippen LogP contribution in [-0.4, -0.2) is 12.8 Å². The Morgan fingerprint density at radius 2 is 2.00 bits per heavy atom. The van der Waals surface area contributed by atoms with Crippen LogP contribution < -0.4 is 0 Å². The fourth-order valence-corrected chi connectivity index (χ4v) is 1.01. The van der Waals surface area contributed by atoms with Gasteiger partial charge in [-0.15, -0.1) is 0 Å². The van der Waals surface area contributed by atoms with E-state index in [0.717, 1.165) is 12.5 Å². The standard InChI is InChI=1S/C9H19N/c1-4-7-9(5-2)8-10-6-3/h8-9H,4-7H2,1-3H3. The first kappa shape index (κ1) is 9.67. The van der Waals surface area contributed by atoms with Crippen molar-refractivity contribution >= 4 is 6.21 Å².